The number of primary amides is 1. The van der Waals surface area contributed by atoms with E-state index in [-0.39, 0.29) is 5.41 Å². The SMILES string of the molecule is CC1=C(/C=C/C#Cc2ccc(C(N)=O)cc2)C(C)(C)CCC1. The van der Waals surface area contributed by atoms with Crippen LogP contribution in [0, 0.1) is 17.3 Å². The van der Waals surface area contributed by atoms with E-state index in [0.717, 1.165) is 5.56 Å². The van der Waals surface area contributed by atoms with Crippen molar-refractivity contribution in [2.75, 3.05) is 0 Å². The molecule has 0 saturated heterocycles. The van der Waals surface area contributed by atoms with E-state index in [1.54, 1.807) is 12.1 Å². The Morgan fingerprint density at radius 3 is 2.55 bits per heavy atom. The Kier molecular flexibility index (Phi) is 4.88. The van der Waals surface area contributed by atoms with E-state index in [2.05, 4.69) is 38.7 Å². The van der Waals surface area contributed by atoms with Crippen molar-refractivity contribution in [2.24, 2.45) is 11.1 Å². The number of rotatable bonds is 2. The van der Waals surface area contributed by atoms with E-state index in [9.17, 15) is 4.79 Å². The third kappa shape index (κ3) is 3.89. The molecule has 114 valence electrons. The molecule has 0 bridgehead atoms. The Balaban J connectivity index is 2.11. The first-order chi connectivity index (χ1) is 10.4. The molecule has 0 aromatic heterocycles. The van der Waals surface area contributed by atoms with Gasteiger partial charge in [-0.2, -0.15) is 0 Å². The highest BCUT2D eigenvalue weighted by molar-refractivity contribution is 5.92. The molecule has 0 radical (unpaired) electrons. The van der Waals surface area contributed by atoms with Crippen molar-refractivity contribution in [3.05, 3.63) is 58.7 Å². The van der Waals surface area contributed by atoms with Crippen LogP contribution < -0.4 is 5.73 Å². The molecule has 1 aliphatic carbocycles. The minimum absolute atomic E-state index is 0.240. The normalized spacial score (nSPS) is 17.2. The zero-order valence-corrected chi connectivity index (χ0v) is 13.6. The van der Waals surface area contributed by atoms with Gasteiger partial charge < -0.3 is 5.73 Å². The number of hydrogen-bond acceptors (Lipinski definition) is 1. The smallest absolute Gasteiger partial charge is 0.248 e. The number of allylic oxidation sites excluding steroid dienone is 4. The fourth-order valence-electron chi connectivity index (χ4n) is 2.98. The van der Waals surface area contributed by atoms with Crippen LogP contribution in [-0.2, 0) is 0 Å². The van der Waals surface area contributed by atoms with E-state index >= 15 is 0 Å². The molecule has 0 fully saturated rings. The van der Waals surface area contributed by atoms with Gasteiger partial charge in [0.05, 0.1) is 0 Å². The molecule has 1 aliphatic rings. The highest BCUT2D eigenvalue weighted by atomic mass is 16.1. The Hall–Kier alpha value is -2.27. The lowest BCUT2D eigenvalue weighted by Gasteiger charge is -2.32. The number of carbonyl (C=O) groups is 1. The standard InChI is InChI=1S/C20H23NO/c1-15-7-6-14-20(2,3)18(15)9-5-4-8-16-10-12-17(13-11-16)19(21)22/h5,9-13H,6-7,14H2,1-3H3,(H2,21,22)/b9-5+. The Bertz CT molecular complexity index is 679. The van der Waals surface area contributed by atoms with Gasteiger partial charge in [0.25, 0.3) is 0 Å². The molecule has 2 N–H and O–H groups in total. The fourth-order valence-corrected chi connectivity index (χ4v) is 2.98. The summed E-state index contributed by atoms with van der Waals surface area (Å²) in [5.41, 5.74) is 9.72. The fraction of sp³-hybridized carbons (Fsp3) is 0.350. The Morgan fingerprint density at radius 2 is 1.95 bits per heavy atom. The van der Waals surface area contributed by atoms with Crippen LogP contribution in [0.25, 0.3) is 0 Å². The van der Waals surface area contributed by atoms with E-state index in [1.165, 1.54) is 30.4 Å². The summed E-state index contributed by atoms with van der Waals surface area (Å²) in [5.74, 6) is 5.74. The topological polar surface area (TPSA) is 43.1 Å². The van der Waals surface area contributed by atoms with Gasteiger partial charge in [0, 0.05) is 11.1 Å². The van der Waals surface area contributed by atoms with Crippen molar-refractivity contribution < 1.29 is 4.79 Å². The zero-order valence-electron chi connectivity index (χ0n) is 13.6. The molecule has 0 saturated carbocycles. The van der Waals surface area contributed by atoms with Gasteiger partial charge in [0.15, 0.2) is 0 Å². The van der Waals surface area contributed by atoms with Crippen LogP contribution in [0.3, 0.4) is 0 Å². The third-order valence-electron chi connectivity index (χ3n) is 4.26. The van der Waals surface area contributed by atoms with Gasteiger partial charge in [-0.25, -0.2) is 0 Å². The maximum Gasteiger partial charge on any atom is 0.248 e. The summed E-state index contributed by atoms with van der Waals surface area (Å²) >= 11 is 0. The van der Waals surface area contributed by atoms with Gasteiger partial charge in [-0.05, 0) is 67.5 Å². The largest absolute Gasteiger partial charge is 0.366 e. The highest BCUT2D eigenvalue weighted by Crippen LogP contribution is 2.40. The van der Waals surface area contributed by atoms with E-state index < -0.39 is 5.91 Å². The molecule has 2 rings (SSSR count). The number of benzene rings is 1. The van der Waals surface area contributed by atoms with Gasteiger partial charge in [-0.1, -0.05) is 37.3 Å². The highest BCUT2D eigenvalue weighted by Gasteiger charge is 2.26. The second-order valence-corrected chi connectivity index (χ2v) is 6.48. The molecular formula is C20H23NO. The molecule has 1 aromatic rings. The minimum atomic E-state index is -0.415. The quantitative estimate of drug-likeness (QED) is 0.815. The molecular weight excluding hydrogens is 270 g/mol. The number of carbonyl (C=O) groups excluding carboxylic acids is 1. The van der Waals surface area contributed by atoms with E-state index in [4.69, 9.17) is 5.73 Å². The van der Waals surface area contributed by atoms with Crippen LogP contribution >= 0.6 is 0 Å². The number of amides is 1. The second-order valence-electron chi connectivity index (χ2n) is 6.48. The van der Waals surface area contributed by atoms with Crippen LogP contribution in [0.5, 0.6) is 0 Å². The summed E-state index contributed by atoms with van der Waals surface area (Å²) < 4.78 is 0. The van der Waals surface area contributed by atoms with Gasteiger partial charge in [0.2, 0.25) is 5.91 Å². The predicted octanol–water partition coefficient (Wildman–Crippen LogP) is 4.22. The number of hydrogen-bond donors (Lipinski definition) is 1. The summed E-state index contributed by atoms with van der Waals surface area (Å²) in [7, 11) is 0. The van der Waals surface area contributed by atoms with Crippen LogP contribution in [0.1, 0.15) is 56.0 Å². The molecule has 0 spiro atoms. The van der Waals surface area contributed by atoms with Crippen LogP contribution in [-0.4, -0.2) is 5.91 Å². The molecule has 0 unspecified atom stereocenters. The molecule has 0 aliphatic heterocycles. The lowest BCUT2D eigenvalue weighted by Crippen LogP contribution is -2.18. The van der Waals surface area contributed by atoms with Gasteiger partial charge in [-0.3, -0.25) is 4.79 Å². The molecule has 0 heterocycles. The molecule has 0 atom stereocenters. The molecule has 1 aromatic carbocycles. The molecule has 2 nitrogen and oxygen atoms in total. The first-order valence-electron chi connectivity index (χ1n) is 7.68. The van der Waals surface area contributed by atoms with Crippen molar-refractivity contribution in [2.45, 2.75) is 40.0 Å². The maximum atomic E-state index is 11.0. The Morgan fingerprint density at radius 1 is 1.27 bits per heavy atom. The molecule has 2 heteroatoms. The lowest BCUT2D eigenvalue weighted by molar-refractivity contribution is 0.100. The first kappa shape index (κ1) is 16.1. The van der Waals surface area contributed by atoms with Crippen molar-refractivity contribution in [1.82, 2.24) is 0 Å². The zero-order chi connectivity index (χ0) is 16.2. The minimum Gasteiger partial charge on any atom is -0.366 e. The predicted molar refractivity (Wildman–Crippen MR) is 91.3 cm³/mol. The third-order valence-corrected chi connectivity index (χ3v) is 4.26. The average Bonchev–Trinajstić information content (AvgIpc) is 2.46. The van der Waals surface area contributed by atoms with E-state index in [0.29, 0.717) is 5.56 Å². The summed E-state index contributed by atoms with van der Waals surface area (Å²) in [6.45, 7) is 6.81. The number of nitrogens with two attached hydrogens (primary N) is 1. The van der Waals surface area contributed by atoms with Gasteiger partial charge >= 0.3 is 0 Å². The molecule has 22 heavy (non-hydrogen) atoms. The lowest BCUT2D eigenvalue weighted by atomic mass is 9.73. The van der Waals surface area contributed by atoms with Crippen LogP contribution in [0.15, 0.2) is 47.6 Å². The van der Waals surface area contributed by atoms with Crippen molar-refractivity contribution in [3.63, 3.8) is 0 Å². The Labute approximate surface area is 133 Å². The van der Waals surface area contributed by atoms with Gasteiger partial charge in [0.1, 0.15) is 0 Å². The van der Waals surface area contributed by atoms with Gasteiger partial charge in [-0.15, -0.1) is 0 Å². The summed E-state index contributed by atoms with van der Waals surface area (Å²) in [6, 6.07) is 7.03. The van der Waals surface area contributed by atoms with Crippen molar-refractivity contribution in [1.29, 1.82) is 0 Å². The summed E-state index contributed by atoms with van der Waals surface area (Å²) in [4.78, 5) is 11.0. The first-order valence-corrected chi connectivity index (χ1v) is 7.68. The maximum absolute atomic E-state index is 11.0. The summed E-state index contributed by atoms with van der Waals surface area (Å²) in [6.07, 6.45) is 7.76. The van der Waals surface area contributed by atoms with Crippen LogP contribution in [0.2, 0.25) is 0 Å². The molecule has 1 amide bonds. The average molecular weight is 293 g/mol. The van der Waals surface area contributed by atoms with E-state index in [1.807, 2.05) is 18.2 Å². The van der Waals surface area contributed by atoms with Crippen LogP contribution in [0.4, 0.5) is 0 Å². The van der Waals surface area contributed by atoms with Crippen molar-refractivity contribution in [3.8, 4) is 11.8 Å². The van der Waals surface area contributed by atoms with Crippen molar-refractivity contribution >= 4 is 5.91 Å². The second kappa shape index (κ2) is 6.66. The summed E-state index contributed by atoms with van der Waals surface area (Å²) in [5, 5.41) is 0. The monoisotopic (exact) mass is 293 g/mol.